The average molecular weight is 358 g/mol. The first-order chi connectivity index (χ1) is 12.6. The standard InChI is InChI=1S/C18H22N4O4/c1-21-8-7-19-16(18(21)24)20-11-13-12-22(9-10-26-13)17(23)14-5-3-4-6-15(14)25-2/h3-8,13H,9-12H2,1-2H3,(H,19,20)/t13-/m0/s1. The van der Waals surface area contributed by atoms with E-state index in [1.807, 2.05) is 12.1 Å². The number of amides is 1. The van der Waals surface area contributed by atoms with Crippen molar-refractivity contribution in [1.29, 1.82) is 0 Å². The van der Waals surface area contributed by atoms with Gasteiger partial charge in [-0.05, 0) is 12.1 Å². The van der Waals surface area contributed by atoms with Gasteiger partial charge in [0.05, 0.1) is 25.4 Å². The molecule has 1 N–H and O–H groups in total. The van der Waals surface area contributed by atoms with E-state index in [-0.39, 0.29) is 23.4 Å². The molecule has 26 heavy (non-hydrogen) atoms. The summed E-state index contributed by atoms with van der Waals surface area (Å²) in [6, 6.07) is 7.16. The second-order valence-corrected chi connectivity index (χ2v) is 6.02. The third-order valence-corrected chi connectivity index (χ3v) is 4.28. The maximum Gasteiger partial charge on any atom is 0.293 e. The molecule has 8 heteroatoms. The van der Waals surface area contributed by atoms with Crippen molar-refractivity contribution in [1.82, 2.24) is 14.5 Å². The molecule has 0 aliphatic carbocycles. The number of hydrogen-bond acceptors (Lipinski definition) is 6. The van der Waals surface area contributed by atoms with Crippen LogP contribution in [0.1, 0.15) is 10.4 Å². The fourth-order valence-corrected chi connectivity index (χ4v) is 2.85. The number of aryl methyl sites for hydroxylation is 1. The van der Waals surface area contributed by atoms with Crippen molar-refractivity contribution in [2.45, 2.75) is 6.10 Å². The lowest BCUT2D eigenvalue weighted by Crippen LogP contribution is -2.48. The molecule has 1 aromatic heterocycles. The van der Waals surface area contributed by atoms with Gasteiger partial charge in [-0.3, -0.25) is 9.59 Å². The minimum atomic E-state index is -0.228. The number of nitrogens with one attached hydrogen (secondary N) is 1. The lowest BCUT2D eigenvalue weighted by Gasteiger charge is -2.33. The molecule has 1 atom stereocenters. The number of ether oxygens (including phenoxy) is 2. The Morgan fingerprint density at radius 3 is 3.04 bits per heavy atom. The summed E-state index contributed by atoms with van der Waals surface area (Å²) < 4.78 is 12.4. The van der Waals surface area contributed by atoms with E-state index in [1.165, 1.54) is 4.57 Å². The summed E-state index contributed by atoms with van der Waals surface area (Å²) in [5.41, 5.74) is 0.326. The summed E-state index contributed by atoms with van der Waals surface area (Å²) in [7, 11) is 3.21. The normalized spacial score (nSPS) is 17.0. The van der Waals surface area contributed by atoms with Crippen molar-refractivity contribution < 1.29 is 14.3 Å². The number of nitrogens with zero attached hydrogens (tertiary/aromatic N) is 3. The minimum absolute atomic E-state index is 0.0931. The van der Waals surface area contributed by atoms with Crippen LogP contribution in [0.2, 0.25) is 0 Å². The molecule has 1 fully saturated rings. The quantitative estimate of drug-likeness (QED) is 0.849. The summed E-state index contributed by atoms with van der Waals surface area (Å²) in [5, 5.41) is 3.01. The molecule has 1 aliphatic rings. The van der Waals surface area contributed by atoms with Crippen molar-refractivity contribution in [3.8, 4) is 5.75 Å². The second-order valence-electron chi connectivity index (χ2n) is 6.02. The maximum absolute atomic E-state index is 12.8. The van der Waals surface area contributed by atoms with Crippen LogP contribution >= 0.6 is 0 Å². The van der Waals surface area contributed by atoms with E-state index in [2.05, 4.69) is 10.3 Å². The predicted octanol–water partition coefficient (Wildman–Crippen LogP) is 0.742. The molecule has 0 unspecified atom stereocenters. The molecule has 8 nitrogen and oxygen atoms in total. The van der Waals surface area contributed by atoms with Crippen LogP contribution < -0.4 is 15.6 Å². The van der Waals surface area contributed by atoms with Crippen molar-refractivity contribution in [2.24, 2.45) is 7.05 Å². The molecule has 3 rings (SSSR count). The van der Waals surface area contributed by atoms with Crippen LogP contribution in [0.4, 0.5) is 5.82 Å². The third kappa shape index (κ3) is 3.85. The Balaban J connectivity index is 1.65. The highest BCUT2D eigenvalue weighted by Crippen LogP contribution is 2.20. The monoisotopic (exact) mass is 358 g/mol. The fraction of sp³-hybridized carbons (Fsp3) is 0.389. The van der Waals surface area contributed by atoms with E-state index in [1.54, 1.807) is 43.6 Å². The number of aromatic nitrogens is 2. The molecular formula is C18H22N4O4. The number of carbonyl (C=O) groups is 1. The molecule has 0 bridgehead atoms. The molecule has 1 amide bonds. The number of morpholine rings is 1. The van der Waals surface area contributed by atoms with Gasteiger partial charge in [0, 0.05) is 39.1 Å². The van der Waals surface area contributed by atoms with Gasteiger partial charge in [0.2, 0.25) is 0 Å². The zero-order chi connectivity index (χ0) is 18.5. The van der Waals surface area contributed by atoms with Crippen molar-refractivity contribution in [2.75, 3.05) is 38.7 Å². The molecule has 1 aromatic carbocycles. The molecule has 2 heterocycles. The topological polar surface area (TPSA) is 85.7 Å². The molecule has 0 saturated carbocycles. The predicted molar refractivity (Wildman–Crippen MR) is 96.6 cm³/mol. The van der Waals surface area contributed by atoms with E-state index in [0.717, 1.165) is 0 Å². The molecule has 0 spiro atoms. The van der Waals surface area contributed by atoms with E-state index >= 15 is 0 Å². The van der Waals surface area contributed by atoms with Crippen LogP contribution in [0.5, 0.6) is 5.75 Å². The zero-order valence-corrected chi connectivity index (χ0v) is 14.8. The Morgan fingerprint density at radius 1 is 1.42 bits per heavy atom. The first-order valence-corrected chi connectivity index (χ1v) is 8.39. The van der Waals surface area contributed by atoms with E-state index in [0.29, 0.717) is 37.6 Å². The summed E-state index contributed by atoms with van der Waals surface area (Å²) in [5.74, 6) is 0.729. The van der Waals surface area contributed by atoms with Crippen molar-refractivity contribution >= 4 is 11.7 Å². The highest BCUT2D eigenvalue weighted by Gasteiger charge is 2.26. The zero-order valence-electron chi connectivity index (χ0n) is 14.8. The average Bonchev–Trinajstić information content (AvgIpc) is 2.68. The Labute approximate surface area is 151 Å². The van der Waals surface area contributed by atoms with Crippen molar-refractivity contribution in [3.05, 3.63) is 52.6 Å². The van der Waals surface area contributed by atoms with Crippen LogP contribution in [0.3, 0.4) is 0 Å². The van der Waals surface area contributed by atoms with Crippen LogP contribution in [0.15, 0.2) is 41.5 Å². The minimum Gasteiger partial charge on any atom is -0.496 e. The van der Waals surface area contributed by atoms with Crippen LogP contribution in [0.25, 0.3) is 0 Å². The van der Waals surface area contributed by atoms with Crippen molar-refractivity contribution in [3.63, 3.8) is 0 Å². The van der Waals surface area contributed by atoms with Gasteiger partial charge in [0.15, 0.2) is 5.82 Å². The van der Waals surface area contributed by atoms with Gasteiger partial charge < -0.3 is 24.3 Å². The van der Waals surface area contributed by atoms with E-state index < -0.39 is 0 Å². The van der Waals surface area contributed by atoms with Gasteiger partial charge in [0.25, 0.3) is 11.5 Å². The van der Waals surface area contributed by atoms with Crippen LogP contribution in [-0.2, 0) is 11.8 Å². The lowest BCUT2D eigenvalue weighted by atomic mass is 10.1. The third-order valence-electron chi connectivity index (χ3n) is 4.28. The molecule has 0 radical (unpaired) electrons. The highest BCUT2D eigenvalue weighted by atomic mass is 16.5. The highest BCUT2D eigenvalue weighted by molar-refractivity contribution is 5.97. The number of anilines is 1. The van der Waals surface area contributed by atoms with Gasteiger partial charge in [-0.2, -0.15) is 0 Å². The number of para-hydroxylation sites is 1. The Bertz CT molecular complexity index is 836. The summed E-state index contributed by atoms with van der Waals surface area (Å²) in [4.78, 5) is 30.6. The second kappa shape index (κ2) is 8.01. The number of benzene rings is 1. The number of methoxy groups -OCH3 is 1. The largest absolute Gasteiger partial charge is 0.496 e. The van der Waals surface area contributed by atoms with E-state index in [9.17, 15) is 9.59 Å². The molecular weight excluding hydrogens is 336 g/mol. The van der Waals surface area contributed by atoms with Gasteiger partial charge in [-0.1, -0.05) is 12.1 Å². The summed E-state index contributed by atoms with van der Waals surface area (Å²) >= 11 is 0. The number of carbonyl (C=O) groups excluding carboxylic acids is 1. The molecule has 2 aromatic rings. The lowest BCUT2D eigenvalue weighted by molar-refractivity contribution is -0.0150. The number of hydrogen-bond donors (Lipinski definition) is 1. The SMILES string of the molecule is COc1ccccc1C(=O)N1CCO[C@@H](CNc2nccn(C)c2=O)C1. The van der Waals surface area contributed by atoms with Gasteiger partial charge in [-0.15, -0.1) is 0 Å². The fourth-order valence-electron chi connectivity index (χ4n) is 2.85. The number of rotatable bonds is 5. The molecule has 138 valence electrons. The van der Waals surface area contributed by atoms with Gasteiger partial charge >= 0.3 is 0 Å². The van der Waals surface area contributed by atoms with Gasteiger partial charge in [0.1, 0.15) is 5.75 Å². The Kier molecular flexibility index (Phi) is 5.52. The smallest absolute Gasteiger partial charge is 0.293 e. The van der Waals surface area contributed by atoms with Crippen LogP contribution in [-0.4, -0.2) is 59.8 Å². The first kappa shape index (κ1) is 17.9. The first-order valence-electron chi connectivity index (χ1n) is 8.39. The van der Waals surface area contributed by atoms with Crippen LogP contribution in [0, 0.1) is 0 Å². The molecule has 1 saturated heterocycles. The Hall–Kier alpha value is -2.87. The maximum atomic E-state index is 12.8. The Morgan fingerprint density at radius 2 is 2.23 bits per heavy atom. The van der Waals surface area contributed by atoms with Gasteiger partial charge in [-0.25, -0.2) is 4.98 Å². The van der Waals surface area contributed by atoms with E-state index in [4.69, 9.17) is 9.47 Å². The summed E-state index contributed by atoms with van der Waals surface area (Å²) in [6.45, 7) is 1.77. The summed E-state index contributed by atoms with van der Waals surface area (Å²) in [6.07, 6.45) is 2.93. The molecule has 1 aliphatic heterocycles.